The van der Waals surface area contributed by atoms with Gasteiger partial charge in [0.05, 0.1) is 42.6 Å². The highest BCUT2D eigenvalue weighted by Crippen LogP contribution is 2.29. The first-order valence-electron chi connectivity index (χ1n) is 10.3. The molecule has 0 spiro atoms. The minimum Gasteiger partial charge on any atom is -0.376 e. The Kier molecular flexibility index (Phi) is 7.11. The predicted molar refractivity (Wildman–Crippen MR) is 116 cm³/mol. The van der Waals surface area contributed by atoms with Crippen LogP contribution < -0.4 is 16.0 Å². The summed E-state index contributed by atoms with van der Waals surface area (Å²) >= 11 is 6.38. The second-order valence-corrected chi connectivity index (χ2v) is 7.85. The van der Waals surface area contributed by atoms with Crippen LogP contribution >= 0.6 is 11.6 Å². The second-order valence-electron chi connectivity index (χ2n) is 7.44. The number of nitrogens with zero attached hydrogens (tertiary/aromatic N) is 2. The van der Waals surface area contributed by atoms with Crippen molar-refractivity contribution in [3.63, 3.8) is 0 Å². The van der Waals surface area contributed by atoms with E-state index in [9.17, 15) is 4.79 Å². The van der Waals surface area contributed by atoms with Gasteiger partial charge in [0.1, 0.15) is 11.6 Å². The maximum atomic E-state index is 12.5. The minimum atomic E-state index is -0.0451. The molecule has 0 bridgehead atoms. The van der Waals surface area contributed by atoms with Crippen molar-refractivity contribution in [1.29, 1.82) is 0 Å². The highest BCUT2D eigenvalue weighted by Gasteiger charge is 2.21. The van der Waals surface area contributed by atoms with E-state index in [4.69, 9.17) is 21.1 Å². The number of carbonyl (C=O) groups excluding carboxylic acids is 1. The molecule has 9 heteroatoms. The van der Waals surface area contributed by atoms with Crippen molar-refractivity contribution in [2.24, 2.45) is 5.92 Å². The van der Waals surface area contributed by atoms with Gasteiger partial charge < -0.3 is 25.4 Å². The Morgan fingerprint density at radius 2 is 2.23 bits per heavy atom. The molecular formula is C21H26ClN5O3. The van der Waals surface area contributed by atoms with Crippen LogP contribution in [0.1, 0.15) is 12.8 Å². The van der Waals surface area contributed by atoms with Gasteiger partial charge in [-0.2, -0.15) is 0 Å². The number of ether oxygens (including phenoxy) is 2. The van der Waals surface area contributed by atoms with Gasteiger partial charge in [0.2, 0.25) is 5.91 Å². The molecule has 1 amide bonds. The lowest BCUT2D eigenvalue weighted by Gasteiger charge is -2.23. The van der Waals surface area contributed by atoms with Crippen LogP contribution in [0.4, 0.5) is 11.6 Å². The van der Waals surface area contributed by atoms with Gasteiger partial charge in [0.15, 0.2) is 0 Å². The average Bonchev–Trinajstić information content (AvgIpc) is 2.80. The number of pyridine rings is 2. The fourth-order valence-corrected chi connectivity index (χ4v) is 3.76. The van der Waals surface area contributed by atoms with Gasteiger partial charge in [-0.1, -0.05) is 17.7 Å². The molecule has 30 heavy (non-hydrogen) atoms. The number of aromatic nitrogens is 2. The lowest BCUT2D eigenvalue weighted by Crippen LogP contribution is -2.37. The number of rotatable bonds is 6. The highest BCUT2D eigenvalue weighted by atomic mass is 35.5. The Morgan fingerprint density at radius 1 is 1.30 bits per heavy atom. The molecule has 0 radical (unpaired) electrons. The standard InChI is InChI=1S/C21H26ClN5O3/c22-17-12-25-20(27-21(28)14-3-2-6-23-10-14)9-16(17)18-4-1-5-19(26-18)24-11-15-13-29-7-8-30-15/h1,4-5,9,12,14-15,23H,2-3,6-8,10-11,13H2,(H,24,26)(H,25,27,28)/t14?,15-/m1/s1. The van der Waals surface area contributed by atoms with Crippen LogP contribution in [-0.4, -0.2) is 61.4 Å². The quantitative estimate of drug-likeness (QED) is 0.646. The SMILES string of the molecule is O=C(Nc1cc(-c2cccc(NC[C@@H]3COCCO3)n2)c(Cl)cn1)C1CCCNC1. The molecule has 3 N–H and O–H groups in total. The molecule has 2 aliphatic heterocycles. The molecule has 8 nitrogen and oxygen atoms in total. The summed E-state index contributed by atoms with van der Waals surface area (Å²) in [6.45, 7) is 4.08. The average molecular weight is 432 g/mol. The van der Waals surface area contributed by atoms with E-state index in [1.807, 2.05) is 18.2 Å². The molecule has 0 saturated carbocycles. The number of halogens is 1. The Balaban J connectivity index is 1.45. The molecule has 4 heterocycles. The number of hydrogen-bond donors (Lipinski definition) is 3. The van der Waals surface area contributed by atoms with Crippen molar-refractivity contribution in [2.75, 3.05) is 50.1 Å². The van der Waals surface area contributed by atoms with Gasteiger partial charge in [0.25, 0.3) is 0 Å². The molecule has 2 saturated heterocycles. The lowest BCUT2D eigenvalue weighted by atomic mass is 9.99. The largest absolute Gasteiger partial charge is 0.376 e. The molecule has 160 valence electrons. The zero-order valence-corrected chi connectivity index (χ0v) is 17.5. The van der Waals surface area contributed by atoms with Crippen molar-refractivity contribution in [2.45, 2.75) is 18.9 Å². The number of amides is 1. The summed E-state index contributed by atoms with van der Waals surface area (Å²) in [4.78, 5) is 21.4. The summed E-state index contributed by atoms with van der Waals surface area (Å²) < 4.78 is 11.1. The summed E-state index contributed by atoms with van der Waals surface area (Å²) in [5.74, 6) is 1.11. The van der Waals surface area contributed by atoms with Crippen molar-refractivity contribution in [3.05, 3.63) is 35.5 Å². The summed E-state index contributed by atoms with van der Waals surface area (Å²) in [7, 11) is 0. The molecule has 2 aromatic heterocycles. The van der Waals surface area contributed by atoms with Crippen molar-refractivity contribution in [1.82, 2.24) is 15.3 Å². The van der Waals surface area contributed by atoms with E-state index >= 15 is 0 Å². The molecule has 4 rings (SSSR count). The number of anilines is 2. The Hall–Kier alpha value is -2.26. The molecule has 1 unspecified atom stereocenters. The normalized spacial score (nSPS) is 21.8. The van der Waals surface area contributed by atoms with Gasteiger partial charge >= 0.3 is 0 Å². The zero-order chi connectivity index (χ0) is 20.8. The molecule has 2 atom stereocenters. The van der Waals surface area contributed by atoms with Crippen molar-refractivity contribution >= 4 is 29.1 Å². The molecule has 2 fully saturated rings. The molecule has 2 aromatic rings. The third-order valence-electron chi connectivity index (χ3n) is 5.20. The third kappa shape index (κ3) is 5.46. The van der Waals surface area contributed by atoms with E-state index in [1.165, 1.54) is 0 Å². The van der Waals surface area contributed by atoms with Gasteiger partial charge in [-0.15, -0.1) is 0 Å². The van der Waals surface area contributed by atoms with Crippen LogP contribution in [0.15, 0.2) is 30.5 Å². The van der Waals surface area contributed by atoms with E-state index in [-0.39, 0.29) is 17.9 Å². The Labute approximate surface area is 180 Å². The van der Waals surface area contributed by atoms with Crippen LogP contribution in [0.3, 0.4) is 0 Å². The van der Waals surface area contributed by atoms with Crippen LogP contribution in [-0.2, 0) is 14.3 Å². The summed E-state index contributed by atoms with van der Waals surface area (Å²) in [6.07, 6.45) is 3.43. The fraction of sp³-hybridized carbons (Fsp3) is 0.476. The maximum Gasteiger partial charge on any atom is 0.229 e. The monoisotopic (exact) mass is 431 g/mol. The lowest BCUT2D eigenvalue weighted by molar-refractivity contribution is -0.120. The van der Waals surface area contributed by atoms with E-state index in [0.29, 0.717) is 60.8 Å². The Bertz CT molecular complexity index is 869. The van der Waals surface area contributed by atoms with Crippen LogP contribution in [0, 0.1) is 5.92 Å². The topological polar surface area (TPSA) is 97.4 Å². The first kappa shape index (κ1) is 21.0. The number of carbonyl (C=O) groups is 1. The molecular weight excluding hydrogens is 406 g/mol. The molecule has 0 aliphatic carbocycles. The maximum absolute atomic E-state index is 12.5. The first-order chi connectivity index (χ1) is 14.7. The van der Waals surface area contributed by atoms with Crippen molar-refractivity contribution < 1.29 is 14.3 Å². The van der Waals surface area contributed by atoms with E-state index in [2.05, 4.69) is 25.9 Å². The fourth-order valence-electron chi connectivity index (χ4n) is 3.56. The summed E-state index contributed by atoms with van der Waals surface area (Å²) in [5.41, 5.74) is 1.41. The number of nitrogens with one attached hydrogen (secondary N) is 3. The van der Waals surface area contributed by atoms with Crippen LogP contribution in [0.25, 0.3) is 11.3 Å². The minimum absolute atomic E-state index is 0.00446. The van der Waals surface area contributed by atoms with E-state index in [0.717, 1.165) is 19.4 Å². The van der Waals surface area contributed by atoms with Crippen LogP contribution in [0.5, 0.6) is 0 Å². The summed E-state index contributed by atoms with van der Waals surface area (Å²) in [6, 6.07) is 7.44. The Morgan fingerprint density at radius 3 is 3.03 bits per heavy atom. The molecule has 0 aromatic carbocycles. The number of hydrogen-bond acceptors (Lipinski definition) is 7. The highest BCUT2D eigenvalue weighted by molar-refractivity contribution is 6.33. The van der Waals surface area contributed by atoms with Gasteiger partial charge in [-0.25, -0.2) is 9.97 Å². The van der Waals surface area contributed by atoms with E-state index in [1.54, 1.807) is 12.3 Å². The van der Waals surface area contributed by atoms with Gasteiger partial charge in [-0.05, 0) is 37.6 Å². The summed E-state index contributed by atoms with van der Waals surface area (Å²) in [5, 5.41) is 9.92. The van der Waals surface area contributed by atoms with Crippen LogP contribution in [0.2, 0.25) is 5.02 Å². The first-order valence-corrected chi connectivity index (χ1v) is 10.6. The predicted octanol–water partition coefficient (Wildman–Crippen LogP) is 2.56. The third-order valence-corrected chi connectivity index (χ3v) is 5.50. The van der Waals surface area contributed by atoms with E-state index < -0.39 is 0 Å². The van der Waals surface area contributed by atoms with Crippen molar-refractivity contribution in [3.8, 4) is 11.3 Å². The zero-order valence-electron chi connectivity index (χ0n) is 16.7. The van der Waals surface area contributed by atoms with Gasteiger partial charge in [0, 0.05) is 24.8 Å². The molecule has 2 aliphatic rings. The smallest absolute Gasteiger partial charge is 0.229 e. The second kappa shape index (κ2) is 10.2. The number of piperidine rings is 1. The van der Waals surface area contributed by atoms with Gasteiger partial charge in [-0.3, -0.25) is 4.79 Å².